The van der Waals surface area contributed by atoms with Crippen LogP contribution in [0.4, 0.5) is 26.4 Å². The average molecular weight is 606 g/mol. The molecule has 4 aromatic rings. The van der Waals surface area contributed by atoms with E-state index in [1.54, 1.807) is 18.2 Å². The molecule has 0 aliphatic carbocycles. The second kappa shape index (κ2) is 12.8. The summed E-state index contributed by atoms with van der Waals surface area (Å²) < 4.78 is 21.7. The highest BCUT2D eigenvalue weighted by Crippen LogP contribution is 2.25. The number of carbonyl (C=O) groups excluding carboxylic acids is 3. The number of methoxy groups -OCH3 is 1. The van der Waals surface area contributed by atoms with Crippen molar-refractivity contribution in [2.75, 3.05) is 29.6 Å². The predicted molar refractivity (Wildman–Crippen MR) is 157 cm³/mol. The largest absolute Gasteiger partial charge is 0.380 e. The third kappa shape index (κ3) is 6.68. The number of nitrogens with one attached hydrogen (secondary N) is 3. The van der Waals surface area contributed by atoms with E-state index in [1.807, 2.05) is 0 Å². The molecular formula is C29H25ClFN7O5. The van der Waals surface area contributed by atoms with Crippen LogP contribution in [-0.2, 0) is 9.53 Å². The molecule has 220 valence electrons. The Balaban J connectivity index is 1.31. The van der Waals surface area contributed by atoms with Gasteiger partial charge in [0.2, 0.25) is 5.91 Å². The molecule has 3 N–H and O–H groups in total. The van der Waals surface area contributed by atoms with E-state index in [1.165, 1.54) is 67.1 Å². The molecular weight excluding hydrogens is 581 g/mol. The number of rotatable bonds is 7. The van der Waals surface area contributed by atoms with Crippen molar-refractivity contribution in [1.82, 2.24) is 19.4 Å². The van der Waals surface area contributed by atoms with Gasteiger partial charge in [-0.1, -0.05) is 11.6 Å². The normalized spacial score (nSPS) is 16.0. The van der Waals surface area contributed by atoms with Gasteiger partial charge < -0.3 is 20.3 Å². The van der Waals surface area contributed by atoms with Crippen LogP contribution in [0.1, 0.15) is 16.8 Å². The summed E-state index contributed by atoms with van der Waals surface area (Å²) >= 11 is 5.85. The van der Waals surface area contributed by atoms with Crippen LogP contribution in [0.25, 0.3) is 5.69 Å². The van der Waals surface area contributed by atoms with Crippen LogP contribution in [0.5, 0.6) is 0 Å². The fourth-order valence-electron chi connectivity index (χ4n) is 4.55. The predicted octanol–water partition coefficient (Wildman–Crippen LogP) is 3.93. The Morgan fingerprint density at radius 1 is 1.05 bits per heavy atom. The smallest absolute Gasteiger partial charge is 0.323 e. The van der Waals surface area contributed by atoms with E-state index in [-0.39, 0.29) is 35.7 Å². The number of anilines is 3. The Labute approximate surface area is 249 Å². The molecule has 1 aliphatic rings. The van der Waals surface area contributed by atoms with E-state index in [0.717, 1.165) is 10.6 Å². The number of aromatic nitrogens is 3. The molecule has 12 nitrogen and oxygen atoms in total. The van der Waals surface area contributed by atoms with Crippen molar-refractivity contribution in [3.8, 4) is 5.69 Å². The van der Waals surface area contributed by atoms with Gasteiger partial charge in [0.15, 0.2) is 0 Å². The molecule has 4 amide bonds. The molecule has 0 spiro atoms. The number of ether oxygens (including phenoxy) is 1. The van der Waals surface area contributed by atoms with Gasteiger partial charge in [-0.05, 0) is 48.5 Å². The minimum Gasteiger partial charge on any atom is -0.380 e. The van der Waals surface area contributed by atoms with Gasteiger partial charge >= 0.3 is 6.03 Å². The molecule has 0 bridgehead atoms. The molecule has 1 aromatic carbocycles. The van der Waals surface area contributed by atoms with Gasteiger partial charge in [-0.25, -0.2) is 14.2 Å². The summed E-state index contributed by atoms with van der Waals surface area (Å²) in [5.41, 5.74) is -0.389. The van der Waals surface area contributed by atoms with Crippen LogP contribution in [-0.4, -0.2) is 63.1 Å². The third-order valence-electron chi connectivity index (χ3n) is 6.74. The van der Waals surface area contributed by atoms with Crippen molar-refractivity contribution in [2.45, 2.75) is 18.6 Å². The molecule has 4 heterocycles. The Morgan fingerprint density at radius 3 is 2.53 bits per heavy atom. The molecule has 2 atom stereocenters. The van der Waals surface area contributed by atoms with Crippen LogP contribution < -0.4 is 21.5 Å². The summed E-state index contributed by atoms with van der Waals surface area (Å²) in [5.74, 6) is -1.85. The van der Waals surface area contributed by atoms with Crippen molar-refractivity contribution in [3.05, 3.63) is 106 Å². The molecule has 0 radical (unpaired) electrons. The van der Waals surface area contributed by atoms with Crippen molar-refractivity contribution in [1.29, 1.82) is 0 Å². The fourth-order valence-corrected chi connectivity index (χ4v) is 4.66. The van der Waals surface area contributed by atoms with E-state index in [2.05, 4.69) is 25.9 Å². The topological polar surface area (TPSA) is 148 Å². The quantitative estimate of drug-likeness (QED) is 0.289. The fraction of sp³-hybridized carbons (Fsp3) is 0.172. The van der Waals surface area contributed by atoms with Gasteiger partial charge in [0.1, 0.15) is 23.2 Å². The summed E-state index contributed by atoms with van der Waals surface area (Å²) in [6, 6.07) is 11.3. The lowest BCUT2D eigenvalue weighted by Crippen LogP contribution is -2.45. The number of hydrogen-bond donors (Lipinski definition) is 3. The molecule has 3 aromatic heterocycles. The number of halogens is 2. The molecule has 0 saturated carbocycles. The van der Waals surface area contributed by atoms with Gasteiger partial charge in [-0.2, -0.15) is 0 Å². The summed E-state index contributed by atoms with van der Waals surface area (Å²) in [6.07, 6.45) is 5.53. The average Bonchev–Trinajstić information content (AvgIpc) is 3.45. The molecule has 43 heavy (non-hydrogen) atoms. The standard InChI is InChI=1S/C29H25ClFN7O5/c1-43-20-14-24(38(16-20)29(42)36-25-7-4-17(30)15-33-25)27(40)35-23-6-5-19(13-22(23)31)37-12-2-3-21(28(37)41)26(39)34-18-8-10-32-11-9-18/h2-13,15,20,24H,14,16H2,1H3,(H,35,40)(H,32,34,39)(H,33,36,42)/t20-,24-/m1/s1. The molecule has 0 unspecified atom stereocenters. The van der Waals surface area contributed by atoms with Crippen molar-refractivity contribution < 1.29 is 23.5 Å². The Hall–Kier alpha value is -5.14. The maximum absolute atomic E-state index is 15.2. The highest BCUT2D eigenvalue weighted by atomic mass is 35.5. The number of amides is 4. The van der Waals surface area contributed by atoms with E-state index in [0.29, 0.717) is 10.7 Å². The Bertz CT molecular complexity index is 1720. The van der Waals surface area contributed by atoms with Crippen LogP contribution in [0.3, 0.4) is 0 Å². The van der Waals surface area contributed by atoms with Crippen molar-refractivity contribution in [2.24, 2.45) is 0 Å². The molecule has 1 aliphatic heterocycles. The minimum absolute atomic E-state index is 0.128. The van der Waals surface area contributed by atoms with Gasteiger partial charge in [-0.15, -0.1) is 0 Å². The first kappa shape index (κ1) is 29.4. The molecule has 1 saturated heterocycles. The summed E-state index contributed by atoms with van der Waals surface area (Å²) in [5, 5.41) is 8.15. The first-order chi connectivity index (χ1) is 20.7. The number of hydrogen-bond acceptors (Lipinski definition) is 7. The van der Waals surface area contributed by atoms with Crippen molar-refractivity contribution >= 4 is 46.6 Å². The first-order valence-corrected chi connectivity index (χ1v) is 13.4. The van der Waals surface area contributed by atoms with E-state index < -0.39 is 41.4 Å². The number of benzene rings is 1. The van der Waals surface area contributed by atoms with Crippen LogP contribution in [0, 0.1) is 5.82 Å². The van der Waals surface area contributed by atoms with Crippen LogP contribution >= 0.6 is 11.6 Å². The molecule has 1 fully saturated rings. The van der Waals surface area contributed by atoms with Crippen molar-refractivity contribution in [3.63, 3.8) is 0 Å². The van der Waals surface area contributed by atoms with E-state index in [4.69, 9.17) is 16.3 Å². The lowest BCUT2D eigenvalue weighted by Gasteiger charge is -2.24. The highest BCUT2D eigenvalue weighted by molar-refractivity contribution is 6.30. The number of likely N-dealkylation sites (tertiary alicyclic amines) is 1. The summed E-state index contributed by atoms with van der Waals surface area (Å²) in [4.78, 5) is 61.2. The van der Waals surface area contributed by atoms with Crippen LogP contribution in [0.15, 0.2) is 84.2 Å². The number of nitrogens with zero attached hydrogens (tertiary/aromatic N) is 4. The maximum atomic E-state index is 15.2. The third-order valence-corrected chi connectivity index (χ3v) is 6.96. The molecule has 14 heteroatoms. The summed E-state index contributed by atoms with van der Waals surface area (Å²) in [7, 11) is 1.47. The van der Waals surface area contributed by atoms with Crippen LogP contribution in [0.2, 0.25) is 5.02 Å². The zero-order chi connectivity index (χ0) is 30.5. The Morgan fingerprint density at radius 2 is 1.84 bits per heavy atom. The zero-order valence-corrected chi connectivity index (χ0v) is 23.4. The zero-order valence-electron chi connectivity index (χ0n) is 22.7. The second-order valence-corrected chi connectivity index (χ2v) is 9.93. The maximum Gasteiger partial charge on any atom is 0.323 e. The SMILES string of the molecule is CO[C@@H]1C[C@H](C(=O)Nc2ccc(-n3cccc(C(=O)Nc4ccncc4)c3=O)cc2F)N(C(=O)Nc2ccc(Cl)cn2)C1. The number of urea groups is 1. The minimum atomic E-state index is -0.963. The number of carbonyl (C=O) groups is 3. The first-order valence-electron chi connectivity index (χ1n) is 13.0. The van der Waals surface area contributed by atoms with Gasteiger partial charge in [0.05, 0.1) is 22.5 Å². The van der Waals surface area contributed by atoms with E-state index >= 15 is 4.39 Å². The van der Waals surface area contributed by atoms with Gasteiger partial charge in [0.25, 0.3) is 11.5 Å². The van der Waals surface area contributed by atoms with Gasteiger partial charge in [-0.3, -0.25) is 29.3 Å². The lowest BCUT2D eigenvalue weighted by atomic mass is 10.1. The van der Waals surface area contributed by atoms with E-state index in [9.17, 15) is 19.2 Å². The number of pyridine rings is 3. The Kier molecular flexibility index (Phi) is 8.74. The molecule has 5 rings (SSSR count). The van der Waals surface area contributed by atoms with Gasteiger partial charge in [0, 0.05) is 56.6 Å². The highest BCUT2D eigenvalue weighted by Gasteiger charge is 2.40. The monoisotopic (exact) mass is 605 g/mol. The second-order valence-electron chi connectivity index (χ2n) is 9.49. The lowest BCUT2D eigenvalue weighted by molar-refractivity contribution is -0.119. The summed E-state index contributed by atoms with van der Waals surface area (Å²) in [6.45, 7) is 0.128.